The fourth-order valence-corrected chi connectivity index (χ4v) is 2.59. The first-order valence-corrected chi connectivity index (χ1v) is 6.94. The van der Waals surface area contributed by atoms with Gasteiger partial charge in [-0.15, -0.1) is 0 Å². The molecule has 0 saturated heterocycles. The van der Waals surface area contributed by atoms with E-state index in [1.807, 2.05) is 55.0 Å². The van der Waals surface area contributed by atoms with Gasteiger partial charge in [0.05, 0.1) is 22.9 Å². The van der Waals surface area contributed by atoms with Crippen molar-refractivity contribution in [1.29, 1.82) is 0 Å². The number of para-hydroxylation sites is 1. The molecule has 0 radical (unpaired) electrons. The van der Waals surface area contributed by atoms with Crippen molar-refractivity contribution in [3.63, 3.8) is 0 Å². The zero-order valence-corrected chi connectivity index (χ0v) is 11.4. The smallest absolute Gasteiger partial charge is 0.0899 e. The second-order valence-corrected chi connectivity index (χ2v) is 4.98. The van der Waals surface area contributed by atoms with Crippen molar-refractivity contribution < 1.29 is 0 Å². The zero-order valence-electron chi connectivity index (χ0n) is 11.4. The lowest BCUT2D eigenvalue weighted by atomic mass is 10.1. The van der Waals surface area contributed by atoms with E-state index in [2.05, 4.69) is 27.1 Å². The Labute approximate surface area is 121 Å². The van der Waals surface area contributed by atoms with E-state index in [-0.39, 0.29) is 0 Å². The molecule has 0 amide bonds. The third kappa shape index (κ3) is 2.13. The maximum absolute atomic E-state index is 4.66. The molecular weight excluding hydrogens is 258 g/mol. The molecule has 2 heterocycles. The predicted molar refractivity (Wildman–Crippen MR) is 81.5 cm³/mol. The molecular formula is C18H13N3. The lowest BCUT2D eigenvalue weighted by Gasteiger charge is -1.98. The molecule has 0 atom stereocenters. The number of nitrogens with zero attached hydrogens (tertiary/aromatic N) is 3. The van der Waals surface area contributed by atoms with Crippen LogP contribution in [0.2, 0.25) is 0 Å². The number of hydrogen-bond donors (Lipinski definition) is 0. The number of fused-ring (bicyclic) bond motifs is 3. The highest BCUT2D eigenvalue weighted by Crippen LogP contribution is 2.14. The topological polar surface area (TPSA) is 38.1 Å². The number of aromatic nitrogens is 2. The third-order valence-electron chi connectivity index (χ3n) is 3.65. The van der Waals surface area contributed by atoms with Crippen LogP contribution in [0, 0.1) is 10.4 Å². The largest absolute Gasteiger partial charge is 0.264 e. The van der Waals surface area contributed by atoms with Gasteiger partial charge in [0.15, 0.2) is 0 Å². The van der Waals surface area contributed by atoms with Crippen LogP contribution in [0.3, 0.4) is 0 Å². The summed E-state index contributed by atoms with van der Waals surface area (Å²) in [7, 11) is 0. The fourth-order valence-electron chi connectivity index (χ4n) is 2.59. The minimum Gasteiger partial charge on any atom is -0.264 e. The Bertz CT molecular complexity index is 1020. The van der Waals surface area contributed by atoms with Gasteiger partial charge in [0.2, 0.25) is 0 Å². The molecule has 4 rings (SSSR count). The van der Waals surface area contributed by atoms with Crippen LogP contribution in [0.15, 0.2) is 66.1 Å². The Balaban J connectivity index is 2.12. The van der Waals surface area contributed by atoms with Crippen LogP contribution in [0.1, 0.15) is 5.69 Å². The molecule has 0 spiro atoms. The number of allylic oxidation sites excluding steroid dienone is 2. The summed E-state index contributed by atoms with van der Waals surface area (Å²) in [6.45, 7) is 0. The first-order chi connectivity index (χ1) is 10.4. The molecule has 0 unspecified atom stereocenters. The molecule has 1 aliphatic heterocycles. The molecule has 2 aliphatic rings. The van der Waals surface area contributed by atoms with Gasteiger partial charge < -0.3 is 0 Å². The summed E-state index contributed by atoms with van der Waals surface area (Å²) in [6, 6.07) is 10.1. The van der Waals surface area contributed by atoms with Gasteiger partial charge in [0.25, 0.3) is 0 Å². The Kier molecular flexibility index (Phi) is 2.82. The summed E-state index contributed by atoms with van der Waals surface area (Å²) < 4.78 is 0. The first-order valence-electron chi connectivity index (χ1n) is 6.94. The SMILES string of the molecule is C1=CCc2ncc3c(ccncc2=C1)=c1ccccc1=N3. The van der Waals surface area contributed by atoms with Crippen molar-refractivity contribution >= 4 is 11.8 Å². The maximum Gasteiger partial charge on any atom is 0.0899 e. The zero-order chi connectivity index (χ0) is 14.1. The number of benzene rings is 1. The Morgan fingerprint density at radius 2 is 1.90 bits per heavy atom. The van der Waals surface area contributed by atoms with E-state index in [4.69, 9.17) is 0 Å². The van der Waals surface area contributed by atoms with Crippen molar-refractivity contribution in [1.82, 2.24) is 9.97 Å². The highest BCUT2D eigenvalue weighted by atomic mass is 14.8. The van der Waals surface area contributed by atoms with Crippen LogP contribution in [0.4, 0.5) is 5.69 Å². The van der Waals surface area contributed by atoms with E-state index in [9.17, 15) is 0 Å². The maximum atomic E-state index is 4.66. The second kappa shape index (κ2) is 4.94. The van der Waals surface area contributed by atoms with Gasteiger partial charge in [-0.25, -0.2) is 4.99 Å². The molecule has 3 nitrogen and oxygen atoms in total. The first kappa shape index (κ1) is 12.0. The van der Waals surface area contributed by atoms with Crippen LogP contribution < -0.4 is 10.6 Å². The molecule has 1 aliphatic carbocycles. The molecule has 1 aromatic carbocycles. The standard InChI is InChI=1S/C18H13N3/c1-3-7-16-13(5-1)11-19-10-9-15-14-6-2-4-8-17(14)21-18(15)12-20-16/h1-6,8-12H,7H2. The summed E-state index contributed by atoms with van der Waals surface area (Å²) in [4.78, 5) is 13.7. The van der Waals surface area contributed by atoms with Crippen molar-refractivity contribution in [2.45, 2.75) is 6.42 Å². The van der Waals surface area contributed by atoms with Crippen molar-refractivity contribution in [3.8, 4) is 0 Å². The van der Waals surface area contributed by atoms with Crippen molar-refractivity contribution in [2.24, 2.45) is 4.99 Å². The van der Waals surface area contributed by atoms with Crippen molar-refractivity contribution in [3.05, 3.63) is 87.8 Å². The summed E-state index contributed by atoms with van der Waals surface area (Å²) in [5.41, 5.74) is 1.92. The normalized spacial score (nSPS) is 13.1. The molecule has 21 heavy (non-hydrogen) atoms. The van der Waals surface area contributed by atoms with Gasteiger partial charge >= 0.3 is 0 Å². The minimum absolute atomic E-state index is 0.827. The highest BCUT2D eigenvalue weighted by molar-refractivity contribution is 5.43. The molecule has 1 aromatic heterocycles. The van der Waals surface area contributed by atoms with Crippen LogP contribution in [0.25, 0.3) is 6.08 Å². The number of rotatable bonds is 0. The van der Waals surface area contributed by atoms with E-state index < -0.39 is 0 Å². The van der Waals surface area contributed by atoms with Gasteiger partial charge in [-0.2, -0.15) is 0 Å². The van der Waals surface area contributed by atoms with Gasteiger partial charge in [-0.05, 0) is 12.1 Å². The van der Waals surface area contributed by atoms with Crippen LogP contribution in [-0.4, -0.2) is 9.97 Å². The fraction of sp³-hybridized carbons (Fsp3) is 0.0556. The van der Waals surface area contributed by atoms with E-state index >= 15 is 0 Å². The Hall–Kier alpha value is -2.81. The van der Waals surface area contributed by atoms with E-state index in [1.165, 1.54) is 0 Å². The minimum atomic E-state index is 0.827. The van der Waals surface area contributed by atoms with Gasteiger partial charge in [-0.1, -0.05) is 36.4 Å². The molecule has 0 bridgehead atoms. The summed E-state index contributed by atoms with van der Waals surface area (Å²) in [5, 5.41) is 4.25. The van der Waals surface area contributed by atoms with Crippen LogP contribution in [-0.2, 0) is 6.42 Å². The van der Waals surface area contributed by atoms with Gasteiger partial charge in [0.1, 0.15) is 0 Å². The van der Waals surface area contributed by atoms with E-state index in [0.717, 1.165) is 38.8 Å². The van der Waals surface area contributed by atoms with Gasteiger partial charge in [0, 0.05) is 34.5 Å². The highest BCUT2D eigenvalue weighted by Gasteiger charge is 2.02. The van der Waals surface area contributed by atoms with E-state index in [1.54, 1.807) is 0 Å². The Morgan fingerprint density at radius 3 is 2.90 bits per heavy atom. The lowest BCUT2D eigenvalue weighted by Crippen LogP contribution is -2.10. The monoisotopic (exact) mass is 271 g/mol. The molecule has 0 fully saturated rings. The molecule has 3 heteroatoms. The quantitative estimate of drug-likeness (QED) is 0.627. The predicted octanol–water partition coefficient (Wildman–Crippen LogP) is 2.05. The average molecular weight is 271 g/mol. The molecule has 100 valence electrons. The van der Waals surface area contributed by atoms with Crippen LogP contribution in [0.5, 0.6) is 0 Å². The Morgan fingerprint density at radius 1 is 0.952 bits per heavy atom. The van der Waals surface area contributed by atoms with E-state index in [0.29, 0.717) is 0 Å². The average Bonchev–Trinajstić information content (AvgIpc) is 2.89. The summed E-state index contributed by atoms with van der Waals surface area (Å²) in [6.07, 6.45) is 12.5. The summed E-state index contributed by atoms with van der Waals surface area (Å²) >= 11 is 0. The molecule has 2 aromatic rings. The molecule has 0 saturated carbocycles. The second-order valence-electron chi connectivity index (χ2n) is 4.98. The van der Waals surface area contributed by atoms with Crippen LogP contribution >= 0.6 is 0 Å². The van der Waals surface area contributed by atoms with Crippen molar-refractivity contribution in [2.75, 3.05) is 0 Å². The summed E-state index contributed by atoms with van der Waals surface area (Å²) in [5.74, 6) is 0. The molecule has 0 N–H and O–H groups in total. The number of hydrogen-bond acceptors (Lipinski definition) is 3. The lowest BCUT2D eigenvalue weighted by molar-refractivity contribution is 1.08. The van der Waals surface area contributed by atoms with Gasteiger partial charge in [-0.3, -0.25) is 9.97 Å². The third-order valence-corrected chi connectivity index (χ3v) is 3.65.